The fraction of sp³-hybridized carbons (Fsp3) is 0.818. The van der Waals surface area contributed by atoms with Crippen molar-refractivity contribution < 1.29 is 97.4 Å². The number of hydrogen-bond acceptors (Lipinski definition) is 2. The van der Waals surface area contributed by atoms with Crippen LogP contribution >= 0.6 is 0 Å². The van der Waals surface area contributed by atoms with Crippen LogP contribution in [0.25, 0.3) is 0 Å². The SMILES string of the molecule is O=C(F)C(F)(F)C(F)(F)C(F)(F)C(F)(F)C(F)(F)C(F)(F)C(F)(F)C(F)(F)C(F)(F)C(=O)F. The molecule has 0 amide bonds. The molecule has 196 valence electrons. The van der Waals surface area contributed by atoms with E-state index in [-0.39, 0.29) is 0 Å². The Hall–Kier alpha value is -2.06. The minimum atomic E-state index is -9.18. The molecule has 0 aliphatic carbocycles. The third kappa shape index (κ3) is 3.48. The highest BCUT2D eigenvalue weighted by atomic mass is 19.4. The van der Waals surface area contributed by atoms with Crippen LogP contribution in [0.15, 0.2) is 0 Å². The molecule has 0 saturated carbocycles. The van der Waals surface area contributed by atoms with Gasteiger partial charge in [-0.2, -0.15) is 87.8 Å². The van der Waals surface area contributed by atoms with Crippen LogP contribution in [0.2, 0.25) is 0 Å². The van der Waals surface area contributed by atoms with Gasteiger partial charge in [0.15, 0.2) is 0 Å². The molecule has 0 rings (SSSR count). The van der Waals surface area contributed by atoms with E-state index in [1.165, 1.54) is 0 Å². The topological polar surface area (TPSA) is 34.1 Å². The molecule has 0 aromatic rings. The molecule has 0 saturated heterocycles. The fourth-order valence-corrected chi connectivity index (χ4v) is 1.63. The van der Waals surface area contributed by atoms with Gasteiger partial charge < -0.3 is 0 Å². The van der Waals surface area contributed by atoms with Crippen LogP contribution < -0.4 is 0 Å². The summed E-state index contributed by atoms with van der Waals surface area (Å²) in [7, 11) is 0. The number of halogens is 20. The van der Waals surface area contributed by atoms with E-state index >= 15 is 0 Å². The van der Waals surface area contributed by atoms with E-state index in [0.29, 0.717) is 0 Å². The minimum Gasteiger partial charge on any atom is -0.254 e. The number of rotatable bonds is 10. The van der Waals surface area contributed by atoms with Gasteiger partial charge in [0.25, 0.3) is 0 Å². The highest BCUT2D eigenvalue weighted by molar-refractivity contribution is 5.78. The van der Waals surface area contributed by atoms with Crippen molar-refractivity contribution in [2.45, 2.75) is 53.3 Å². The molecule has 0 fully saturated rings. The maximum Gasteiger partial charge on any atom is 0.404 e. The van der Waals surface area contributed by atoms with Crippen LogP contribution in [-0.4, -0.2) is 65.4 Å². The van der Waals surface area contributed by atoms with Crippen molar-refractivity contribution in [3.63, 3.8) is 0 Å². The standard InChI is InChI=1S/C11F20O2/c12-1(32)3(14,15)5(18,19)7(22,23)9(26,27)11(30,31)10(28,29)8(24,25)6(20,21)4(16,17)2(13)33. The lowest BCUT2D eigenvalue weighted by Crippen LogP contribution is -2.76. The summed E-state index contributed by atoms with van der Waals surface area (Å²) in [6.45, 7) is 0. The van der Waals surface area contributed by atoms with Crippen molar-refractivity contribution in [3.05, 3.63) is 0 Å². The largest absolute Gasteiger partial charge is 0.404 e. The molecule has 0 aromatic carbocycles. The zero-order valence-corrected chi connectivity index (χ0v) is 13.9. The lowest BCUT2D eigenvalue weighted by atomic mass is 9.86. The predicted octanol–water partition coefficient (Wildman–Crippen LogP) is 5.70. The number of carbonyl (C=O) groups excluding carboxylic acids is 2. The second-order valence-electron chi connectivity index (χ2n) is 5.72. The Bertz CT molecular complexity index is 730. The highest BCUT2D eigenvalue weighted by Gasteiger charge is 2.97. The van der Waals surface area contributed by atoms with Crippen molar-refractivity contribution >= 4 is 12.1 Å². The van der Waals surface area contributed by atoms with Crippen molar-refractivity contribution in [1.82, 2.24) is 0 Å². The normalized spacial score (nSPS) is 16.1. The summed E-state index contributed by atoms with van der Waals surface area (Å²) in [4.78, 5) is 19.2. The van der Waals surface area contributed by atoms with E-state index in [1.54, 1.807) is 0 Å². The van der Waals surface area contributed by atoms with Gasteiger partial charge in [0.1, 0.15) is 0 Å². The summed E-state index contributed by atoms with van der Waals surface area (Å²) < 4.78 is 257. The van der Waals surface area contributed by atoms with Crippen molar-refractivity contribution in [1.29, 1.82) is 0 Å². The molecular weight excluding hydrogens is 544 g/mol. The van der Waals surface area contributed by atoms with Gasteiger partial charge in [0.05, 0.1) is 0 Å². The maximum absolute atomic E-state index is 13.2. The van der Waals surface area contributed by atoms with E-state index in [0.717, 1.165) is 0 Å². The van der Waals surface area contributed by atoms with E-state index in [9.17, 15) is 97.4 Å². The van der Waals surface area contributed by atoms with Gasteiger partial charge in [-0.1, -0.05) is 0 Å². The average Bonchev–Trinajstić information content (AvgIpc) is 2.59. The first-order valence-corrected chi connectivity index (χ1v) is 6.69. The van der Waals surface area contributed by atoms with Gasteiger partial charge in [0.2, 0.25) is 0 Å². The summed E-state index contributed by atoms with van der Waals surface area (Å²) in [5.74, 6) is -77.7. The Morgan fingerprint density at radius 1 is 0.303 bits per heavy atom. The van der Waals surface area contributed by atoms with Gasteiger partial charge in [-0.3, -0.25) is 9.59 Å². The van der Waals surface area contributed by atoms with Crippen molar-refractivity contribution in [2.24, 2.45) is 0 Å². The molecule has 0 unspecified atom stereocenters. The first-order chi connectivity index (χ1) is 13.9. The van der Waals surface area contributed by atoms with E-state index in [1.807, 2.05) is 0 Å². The maximum atomic E-state index is 13.2. The average molecular weight is 544 g/mol. The van der Waals surface area contributed by atoms with Crippen LogP contribution in [0.4, 0.5) is 87.8 Å². The molecule has 0 radical (unpaired) electrons. The molecule has 0 heterocycles. The molecular formula is C11F20O2. The first kappa shape index (κ1) is 30.9. The number of hydrogen-bond donors (Lipinski definition) is 0. The van der Waals surface area contributed by atoms with E-state index < -0.39 is 65.4 Å². The van der Waals surface area contributed by atoms with Gasteiger partial charge in [-0.05, 0) is 0 Å². The molecule has 0 aliphatic rings. The van der Waals surface area contributed by atoms with Crippen LogP contribution in [-0.2, 0) is 9.59 Å². The van der Waals surface area contributed by atoms with Crippen molar-refractivity contribution in [2.75, 3.05) is 0 Å². The third-order valence-corrected chi connectivity index (χ3v) is 3.65. The minimum absolute atomic E-state index is 5.00. The molecule has 0 N–H and O–H groups in total. The van der Waals surface area contributed by atoms with Gasteiger partial charge in [0, 0.05) is 0 Å². The van der Waals surface area contributed by atoms with Crippen LogP contribution in [0.1, 0.15) is 0 Å². The quantitative estimate of drug-likeness (QED) is 0.262. The molecule has 0 atom stereocenters. The summed E-state index contributed by atoms with van der Waals surface area (Å²) in [5, 5.41) is 0. The lowest BCUT2D eigenvalue weighted by molar-refractivity contribution is -0.458. The van der Waals surface area contributed by atoms with Gasteiger partial charge in [-0.15, -0.1) is 0 Å². The zero-order chi connectivity index (χ0) is 27.7. The molecule has 33 heavy (non-hydrogen) atoms. The van der Waals surface area contributed by atoms with E-state index in [4.69, 9.17) is 0 Å². The Labute approximate surface area is 164 Å². The van der Waals surface area contributed by atoms with Gasteiger partial charge in [-0.25, -0.2) is 0 Å². The highest BCUT2D eigenvalue weighted by Crippen LogP contribution is 2.65. The Kier molecular flexibility index (Phi) is 7.00. The van der Waals surface area contributed by atoms with Crippen LogP contribution in [0.5, 0.6) is 0 Å². The summed E-state index contributed by atoms with van der Waals surface area (Å²) in [6.07, 6.45) is 0. The Balaban J connectivity index is 7.06. The zero-order valence-electron chi connectivity index (χ0n) is 13.9. The van der Waals surface area contributed by atoms with Crippen LogP contribution in [0, 0.1) is 0 Å². The second kappa shape index (κ2) is 7.47. The Morgan fingerprint density at radius 2 is 0.424 bits per heavy atom. The number of carbonyl (C=O) groups is 2. The van der Waals surface area contributed by atoms with E-state index in [2.05, 4.69) is 0 Å². The Morgan fingerprint density at radius 3 is 0.545 bits per heavy atom. The number of alkyl halides is 18. The predicted molar refractivity (Wildman–Crippen MR) is 56.8 cm³/mol. The summed E-state index contributed by atoms with van der Waals surface area (Å²) >= 11 is 0. The smallest absolute Gasteiger partial charge is 0.254 e. The molecule has 0 aromatic heterocycles. The molecule has 22 heteroatoms. The first-order valence-electron chi connectivity index (χ1n) is 6.69. The lowest BCUT2D eigenvalue weighted by Gasteiger charge is -2.43. The summed E-state index contributed by atoms with van der Waals surface area (Å²) in [6, 6.07) is -10.0. The fourth-order valence-electron chi connectivity index (χ4n) is 1.63. The monoisotopic (exact) mass is 544 g/mol. The molecule has 0 spiro atoms. The van der Waals surface area contributed by atoms with Gasteiger partial charge >= 0.3 is 65.4 Å². The third-order valence-electron chi connectivity index (χ3n) is 3.65. The molecule has 2 nitrogen and oxygen atoms in total. The van der Waals surface area contributed by atoms with Crippen molar-refractivity contribution in [3.8, 4) is 0 Å². The summed E-state index contributed by atoms with van der Waals surface area (Å²) in [5.41, 5.74) is 0. The second-order valence-corrected chi connectivity index (χ2v) is 5.72. The van der Waals surface area contributed by atoms with Crippen LogP contribution in [0.3, 0.4) is 0 Å². The molecule has 0 aliphatic heterocycles. The molecule has 0 bridgehead atoms.